The number of hydrogen-bond acceptors (Lipinski definition) is 2. The number of para-hydroxylation sites is 1. The minimum atomic E-state index is -0.0314. The van der Waals surface area contributed by atoms with Gasteiger partial charge in [-0.2, -0.15) is 5.10 Å². The van der Waals surface area contributed by atoms with Gasteiger partial charge in [0, 0.05) is 17.8 Å². The van der Waals surface area contributed by atoms with E-state index in [1.54, 1.807) is 0 Å². The van der Waals surface area contributed by atoms with Crippen molar-refractivity contribution in [2.45, 2.75) is 46.5 Å². The molecular weight excluding hydrogens is 286 g/mol. The van der Waals surface area contributed by atoms with E-state index in [0.29, 0.717) is 18.2 Å². The summed E-state index contributed by atoms with van der Waals surface area (Å²) in [6.07, 6.45) is 4.04. The number of hydrogen-bond donors (Lipinski definition) is 1. The molecule has 1 heterocycles. The lowest BCUT2D eigenvalue weighted by atomic mass is 10.1. The molecule has 23 heavy (non-hydrogen) atoms. The van der Waals surface area contributed by atoms with Crippen molar-refractivity contribution in [2.75, 3.05) is 6.54 Å². The lowest BCUT2D eigenvalue weighted by Gasteiger charge is -2.08. The van der Waals surface area contributed by atoms with Crippen molar-refractivity contribution in [1.29, 1.82) is 0 Å². The molecule has 0 radical (unpaired) electrons. The molecule has 0 aliphatic heterocycles. The monoisotopic (exact) mass is 311 g/mol. The zero-order chi connectivity index (χ0) is 16.4. The highest BCUT2D eigenvalue weighted by atomic mass is 16.1. The predicted molar refractivity (Wildman–Crippen MR) is 92.1 cm³/mol. The fourth-order valence-corrected chi connectivity index (χ4v) is 3.18. The van der Waals surface area contributed by atoms with Gasteiger partial charge in [0.2, 0.25) is 0 Å². The lowest BCUT2D eigenvalue weighted by molar-refractivity contribution is 0.0945. The molecule has 1 N–H and O–H groups in total. The van der Waals surface area contributed by atoms with Crippen molar-refractivity contribution in [3.8, 4) is 5.69 Å². The van der Waals surface area contributed by atoms with Gasteiger partial charge in [-0.15, -0.1) is 0 Å². The number of benzene rings is 1. The normalized spacial score (nSPS) is 13.4. The fraction of sp³-hybridized carbons (Fsp3) is 0.474. The van der Waals surface area contributed by atoms with E-state index in [2.05, 4.69) is 43.3 Å². The number of carbonyl (C=O) groups excluding carboxylic acids is 1. The molecule has 4 nitrogen and oxygen atoms in total. The molecule has 122 valence electrons. The Kier molecular flexibility index (Phi) is 4.51. The van der Waals surface area contributed by atoms with Crippen LogP contribution in [0.2, 0.25) is 0 Å². The van der Waals surface area contributed by atoms with Gasteiger partial charge in [0.15, 0.2) is 5.69 Å². The first-order valence-corrected chi connectivity index (χ1v) is 8.53. The average Bonchev–Trinajstić information content (AvgIpc) is 3.09. The van der Waals surface area contributed by atoms with Gasteiger partial charge < -0.3 is 5.32 Å². The quantitative estimate of drug-likeness (QED) is 0.919. The highest BCUT2D eigenvalue weighted by molar-refractivity contribution is 5.94. The maximum atomic E-state index is 12.5. The van der Waals surface area contributed by atoms with Crippen LogP contribution in [-0.4, -0.2) is 22.2 Å². The van der Waals surface area contributed by atoms with Crippen LogP contribution in [0.1, 0.15) is 54.0 Å². The first kappa shape index (κ1) is 15.8. The van der Waals surface area contributed by atoms with Crippen LogP contribution in [0.25, 0.3) is 5.69 Å². The van der Waals surface area contributed by atoms with E-state index in [4.69, 9.17) is 0 Å². The SMILES string of the molecule is Cc1ccccc1-n1nc(C(=O)NCCC(C)C)c2c1CCC2. The zero-order valence-corrected chi connectivity index (χ0v) is 14.2. The molecule has 0 atom stereocenters. The number of amides is 1. The number of nitrogens with zero attached hydrogens (tertiary/aromatic N) is 2. The van der Waals surface area contributed by atoms with Crippen molar-refractivity contribution in [3.05, 3.63) is 46.8 Å². The van der Waals surface area contributed by atoms with Gasteiger partial charge in [0.25, 0.3) is 5.91 Å². The van der Waals surface area contributed by atoms with E-state index >= 15 is 0 Å². The predicted octanol–water partition coefficient (Wildman–Crippen LogP) is 3.45. The summed E-state index contributed by atoms with van der Waals surface area (Å²) in [5.74, 6) is 0.557. The molecule has 1 aromatic heterocycles. The third-order valence-electron chi connectivity index (χ3n) is 4.50. The molecule has 0 bridgehead atoms. The first-order chi connectivity index (χ1) is 11.1. The number of fused-ring (bicyclic) bond motifs is 1. The minimum Gasteiger partial charge on any atom is -0.351 e. The van der Waals surface area contributed by atoms with Crippen LogP contribution in [0.4, 0.5) is 0 Å². The number of aryl methyl sites for hydroxylation is 1. The lowest BCUT2D eigenvalue weighted by Crippen LogP contribution is -2.26. The van der Waals surface area contributed by atoms with Crippen LogP contribution in [0.15, 0.2) is 24.3 Å². The largest absolute Gasteiger partial charge is 0.351 e. The molecule has 0 saturated heterocycles. The topological polar surface area (TPSA) is 46.9 Å². The van der Waals surface area contributed by atoms with Crippen molar-refractivity contribution in [1.82, 2.24) is 15.1 Å². The van der Waals surface area contributed by atoms with Gasteiger partial charge >= 0.3 is 0 Å². The average molecular weight is 311 g/mol. The van der Waals surface area contributed by atoms with Gasteiger partial charge in [-0.3, -0.25) is 4.79 Å². The Bertz CT molecular complexity index is 715. The summed E-state index contributed by atoms with van der Waals surface area (Å²) < 4.78 is 1.98. The summed E-state index contributed by atoms with van der Waals surface area (Å²) in [4.78, 5) is 12.5. The van der Waals surface area contributed by atoms with Crippen molar-refractivity contribution < 1.29 is 4.79 Å². The summed E-state index contributed by atoms with van der Waals surface area (Å²) in [7, 11) is 0. The maximum Gasteiger partial charge on any atom is 0.272 e. The number of carbonyl (C=O) groups is 1. The Morgan fingerprint density at radius 3 is 2.83 bits per heavy atom. The van der Waals surface area contributed by atoms with E-state index in [-0.39, 0.29) is 5.91 Å². The van der Waals surface area contributed by atoms with E-state index < -0.39 is 0 Å². The van der Waals surface area contributed by atoms with Crippen LogP contribution in [-0.2, 0) is 12.8 Å². The number of rotatable bonds is 5. The molecule has 1 amide bonds. The summed E-state index contributed by atoms with van der Waals surface area (Å²) in [5, 5.41) is 7.69. The second kappa shape index (κ2) is 6.57. The van der Waals surface area contributed by atoms with Gasteiger partial charge in [0.1, 0.15) is 0 Å². The van der Waals surface area contributed by atoms with E-state index in [9.17, 15) is 4.79 Å². The Morgan fingerprint density at radius 2 is 2.09 bits per heavy atom. The Balaban J connectivity index is 1.90. The smallest absolute Gasteiger partial charge is 0.272 e. The highest BCUT2D eigenvalue weighted by Crippen LogP contribution is 2.28. The fourth-order valence-electron chi connectivity index (χ4n) is 3.18. The van der Waals surface area contributed by atoms with Crippen molar-refractivity contribution in [2.24, 2.45) is 5.92 Å². The van der Waals surface area contributed by atoms with Gasteiger partial charge in [-0.05, 0) is 50.2 Å². The molecule has 0 unspecified atom stereocenters. The Hall–Kier alpha value is -2.10. The van der Waals surface area contributed by atoms with Crippen LogP contribution in [0.5, 0.6) is 0 Å². The minimum absolute atomic E-state index is 0.0314. The van der Waals surface area contributed by atoms with Crippen molar-refractivity contribution in [3.63, 3.8) is 0 Å². The number of aromatic nitrogens is 2. The molecular formula is C19H25N3O. The first-order valence-electron chi connectivity index (χ1n) is 8.53. The molecule has 0 fully saturated rings. The molecule has 1 aromatic carbocycles. The maximum absolute atomic E-state index is 12.5. The Labute approximate surface area is 137 Å². The second-order valence-corrected chi connectivity index (χ2v) is 6.76. The molecule has 1 aliphatic rings. The Morgan fingerprint density at radius 1 is 1.30 bits per heavy atom. The number of nitrogens with one attached hydrogen (secondary N) is 1. The van der Waals surface area contributed by atoms with Gasteiger partial charge in [0.05, 0.1) is 5.69 Å². The van der Waals surface area contributed by atoms with Crippen LogP contribution < -0.4 is 5.32 Å². The zero-order valence-electron chi connectivity index (χ0n) is 14.2. The van der Waals surface area contributed by atoms with E-state index in [0.717, 1.165) is 36.9 Å². The summed E-state index contributed by atoms with van der Waals surface area (Å²) >= 11 is 0. The van der Waals surface area contributed by atoms with E-state index in [1.165, 1.54) is 11.3 Å². The molecule has 0 spiro atoms. The van der Waals surface area contributed by atoms with Crippen LogP contribution in [0, 0.1) is 12.8 Å². The summed E-state index contributed by atoms with van der Waals surface area (Å²) in [6, 6.07) is 8.21. The van der Waals surface area contributed by atoms with E-state index in [1.807, 2.05) is 16.8 Å². The molecule has 0 saturated carbocycles. The third kappa shape index (κ3) is 3.16. The standard InChI is InChI=1S/C19H25N3O/c1-13(2)11-12-20-19(23)18-15-8-6-10-17(15)22(21-18)16-9-5-4-7-14(16)3/h4-5,7,9,13H,6,8,10-12H2,1-3H3,(H,20,23). The van der Waals surface area contributed by atoms with Crippen molar-refractivity contribution >= 4 is 5.91 Å². The van der Waals surface area contributed by atoms with Crippen LogP contribution >= 0.6 is 0 Å². The van der Waals surface area contributed by atoms with Crippen LogP contribution in [0.3, 0.4) is 0 Å². The van der Waals surface area contributed by atoms with Gasteiger partial charge in [-0.1, -0.05) is 32.0 Å². The molecule has 3 rings (SSSR count). The highest BCUT2D eigenvalue weighted by Gasteiger charge is 2.27. The summed E-state index contributed by atoms with van der Waals surface area (Å²) in [6.45, 7) is 7.12. The second-order valence-electron chi connectivity index (χ2n) is 6.76. The molecule has 4 heteroatoms. The molecule has 1 aliphatic carbocycles. The third-order valence-corrected chi connectivity index (χ3v) is 4.50. The molecule has 2 aromatic rings. The van der Waals surface area contributed by atoms with Gasteiger partial charge in [-0.25, -0.2) is 4.68 Å². The summed E-state index contributed by atoms with van der Waals surface area (Å²) in [5.41, 5.74) is 5.21.